The van der Waals surface area contributed by atoms with Crippen LogP contribution in [-0.2, 0) is 0 Å². The Bertz CT molecular complexity index is 1020. The summed E-state index contributed by atoms with van der Waals surface area (Å²) in [6.07, 6.45) is 0. The van der Waals surface area contributed by atoms with Crippen molar-refractivity contribution in [2.45, 2.75) is 6.92 Å². The third-order valence-electron chi connectivity index (χ3n) is 3.62. The minimum absolute atomic E-state index is 0.138. The lowest BCUT2D eigenvalue weighted by Gasteiger charge is -2.14. The van der Waals surface area contributed by atoms with Crippen molar-refractivity contribution < 1.29 is 32.0 Å². The lowest BCUT2D eigenvalue weighted by molar-refractivity contribution is -0.384. The van der Waals surface area contributed by atoms with E-state index in [1.807, 2.05) is 5.32 Å². The highest BCUT2D eigenvalue weighted by Gasteiger charge is 2.30. The van der Waals surface area contributed by atoms with Gasteiger partial charge in [0.25, 0.3) is 11.6 Å². The summed E-state index contributed by atoms with van der Waals surface area (Å²) >= 11 is 10.6. The van der Waals surface area contributed by atoms with Crippen LogP contribution < -0.4 is 15.4 Å². The van der Waals surface area contributed by atoms with Crippen molar-refractivity contribution in [1.82, 2.24) is 5.32 Å². The molecule has 0 saturated carbocycles. The van der Waals surface area contributed by atoms with Gasteiger partial charge in [-0.2, -0.15) is 8.78 Å². The largest absolute Gasteiger partial charge is 0.491 e. The van der Waals surface area contributed by atoms with E-state index in [1.165, 1.54) is 6.92 Å². The minimum Gasteiger partial charge on any atom is -0.491 e. The molecule has 0 aliphatic rings. The Labute approximate surface area is 170 Å². The summed E-state index contributed by atoms with van der Waals surface area (Å²) in [6.45, 7) is 1.46. The van der Waals surface area contributed by atoms with Crippen molar-refractivity contribution in [3.05, 3.63) is 61.7 Å². The standard InChI is InChI=1S/C16H10ClF4N3O4S/c1-5-3-8(24(26)27)6(17)4-7(5)22-16(29)23-15(25)9-10(18)12(20)14(28-2)13(21)11(9)19/h3-4H,1-2H3,(H2,22,23,25,29). The number of amides is 1. The number of benzene rings is 2. The van der Waals surface area contributed by atoms with Gasteiger partial charge >= 0.3 is 0 Å². The molecule has 0 heterocycles. The molecule has 1 amide bonds. The Morgan fingerprint density at radius 2 is 1.72 bits per heavy atom. The summed E-state index contributed by atoms with van der Waals surface area (Å²) in [5.74, 6) is -10.6. The first-order valence-electron chi connectivity index (χ1n) is 7.46. The zero-order chi connectivity index (χ0) is 22.0. The summed E-state index contributed by atoms with van der Waals surface area (Å²) in [5.41, 5.74) is -1.49. The molecule has 2 rings (SSSR count). The molecule has 2 aromatic carbocycles. The fourth-order valence-corrected chi connectivity index (χ4v) is 2.69. The molecule has 2 N–H and O–H groups in total. The number of ether oxygens (including phenoxy) is 1. The van der Waals surface area contributed by atoms with E-state index in [4.69, 9.17) is 23.8 Å². The Morgan fingerprint density at radius 3 is 2.21 bits per heavy atom. The van der Waals surface area contributed by atoms with Crippen molar-refractivity contribution in [3.8, 4) is 5.75 Å². The van der Waals surface area contributed by atoms with Crippen LogP contribution in [0.3, 0.4) is 0 Å². The lowest BCUT2D eigenvalue weighted by Crippen LogP contribution is -2.35. The zero-order valence-electron chi connectivity index (χ0n) is 14.5. The molecule has 7 nitrogen and oxygen atoms in total. The number of thiocarbonyl (C=S) groups is 1. The van der Waals surface area contributed by atoms with E-state index in [0.717, 1.165) is 19.2 Å². The van der Waals surface area contributed by atoms with E-state index in [-0.39, 0.29) is 16.4 Å². The fraction of sp³-hybridized carbons (Fsp3) is 0.125. The molecule has 0 spiro atoms. The summed E-state index contributed by atoms with van der Waals surface area (Å²) in [5, 5.41) is 14.4. The first kappa shape index (κ1) is 22.3. The molecule has 0 aliphatic heterocycles. The maximum Gasteiger partial charge on any atom is 0.288 e. The Morgan fingerprint density at radius 1 is 1.17 bits per heavy atom. The second kappa shape index (κ2) is 8.57. The molecule has 0 bridgehead atoms. The molecular weight excluding hydrogens is 442 g/mol. The number of carbonyl (C=O) groups excluding carboxylic acids is 1. The van der Waals surface area contributed by atoms with Crippen LogP contribution in [0.1, 0.15) is 15.9 Å². The van der Waals surface area contributed by atoms with Crippen LogP contribution in [-0.4, -0.2) is 23.1 Å². The second-order valence-corrected chi connectivity index (χ2v) is 6.26. The highest BCUT2D eigenvalue weighted by atomic mass is 35.5. The second-order valence-electron chi connectivity index (χ2n) is 5.45. The Balaban J connectivity index is 2.28. The minimum atomic E-state index is -1.98. The molecule has 13 heteroatoms. The van der Waals surface area contributed by atoms with Gasteiger partial charge in [-0.25, -0.2) is 8.78 Å². The number of nitro benzene ring substituents is 1. The number of methoxy groups -OCH3 is 1. The molecule has 2 aromatic rings. The third-order valence-corrected chi connectivity index (χ3v) is 4.13. The predicted octanol–water partition coefficient (Wildman–Crippen LogP) is 4.25. The molecule has 0 unspecified atom stereocenters. The van der Waals surface area contributed by atoms with Crippen LogP contribution in [0.2, 0.25) is 5.02 Å². The summed E-state index contributed by atoms with van der Waals surface area (Å²) in [7, 11) is 0.789. The van der Waals surface area contributed by atoms with Gasteiger partial charge in [0.1, 0.15) is 10.6 Å². The average Bonchev–Trinajstić information content (AvgIpc) is 2.63. The highest BCUT2D eigenvalue weighted by molar-refractivity contribution is 7.80. The van der Waals surface area contributed by atoms with Gasteiger partial charge in [0, 0.05) is 11.8 Å². The lowest BCUT2D eigenvalue weighted by atomic mass is 10.1. The number of nitro groups is 1. The summed E-state index contributed by atoms with van der Waals surface area (Å²) < 4.78 is 59.7. The van der Waals surface area contributed by atoms with Gasteiger partial charge in [0.2, 0.25) is 11.6 Å². The summed E-state index contributed by atoms with van der Waals surface area (Å²) in [4.78, 5) is 22.2. The number of halogens is 5. The topological polar surface area (TPSA) is 93.5 Å². The van der Waals surface area contributed by atoms with Crippen LogP contribution >= 0.6 is 23.8 Å². The smallest absolute Gasteiger partial charge is 0.288 e. The molecule has 0 aromatic heterocycles. The van der Waals surface area contributed by atoms with E-state index in [0.29, 0.717) is 5.56 Å². The van der Waals surface area contributed by atoms with Crippen LogP contribution in [0.4, 0.5) is 28.9 Å². The average molecular weight is 452 g/mol. The number of hydrogen-bond acceptors (Lipinski definition) is 5. The molecule has 29 heavy (non-hydrogen) atoms. The Hall–Kier alpha value is -2.99. The number of nitrogens with zero attached hydrogens (tertiary/aromatic N) is 1. The quantitative estimate of drug-likeness (QED) is 0.237. The maximum absolute atomic E-state index is 14.0. The normalized spacial score (nSPS) is 10.4. The molecule has 0 fully saturated rings. The van der Waals surface area contributed by atoms with Crippen LogP contribution in [0, 0.1) is 40.3 Å². The molecule has 0 atom stereocenters. The number of carbonyl (C=O) groups is 1. The van der Waals surface area contributed by atoms with Crippen LogP contribution in [0.5, 0.6) is 5.75 Å². The third kappa shape index (κ3) is 4.38. The van der Waals surface area contributed by atoms with Gasteiger partial charge in [0.15, 0.2) is 22.5 Å². The fourth-order valence-electron chi connectivity index (χ4n) is 2.25. The summed E-state index contributed by atoms with van der Waals surface area (Å²) in [6, 6.07) is 2.27. The molecule has 0 saturated heterocycles. The van der Waals surface area contributed by atoms with Gasteiger partial charge in [-0.1, -0.05) is 11.6 Å². The highest BCUT2D eigenvalue weighted by Crippen LogP contribution is 2.31. The van der Waals surface area contributed by atoms with Gasteiger partial charge < -0.3 is 10.1 Å². The first-order valence-corrected chi connectivity index (χ1v) is 8.25. The van der Waals surface area contributed by atoms with Gasteiger partial charge in [-0.3, -0.25) is 20.2 Å². The zero-order valence-corrected chi connectivity index (χ0v) is 16.1. The van der Waals surface area contributed by atoms with E-state index < -0.39 is 50.5 Å². The van der Waals surface area contributed by atoms with Crippen LogP contribution in [0.15, 0.2) is 12.1 Å². The number of hydrogen-bond donors (Lipinski definition) is 2. The Kier molecular flexibility index (Phi) is 6.59. The maximum atomic E-state index is 14.0. The molecule has 0 radical (unpaired) electrons. The van der Waals surface area contributed by atoms with Gasteiger partial charge in [-0.15, -0.1) is 0 Å². The van der Waals surface area contributed by atoms with Crippen LogP contribution in [0.25, 0.3) is 0 Å². The number of rotatable bonds is 4. The van der Waals surface area contributed by atoms with Crippen molar-refractivity contribution in [2.75, 3.05) is 12.4 Å². The predicted molar refractivity (Wildman–Crippen MR) is 99.4 cm³/mol. The first-order chi connectivity index (χ1) is 13.5. The number of anilines is 1. The van der Waals surface area contributed by atoms with E-state index >= 15 is 0 Å². The van der Waals surface area contributed by atoms with Gasteiger partial charge in [-0.05, 0) is 30.8 Å². The monoisotopic (exact) mass is 451 g/mol. The number of aryl methyl sites for hydroxylation is 1. The molecular formula is C16H10ClF4N3O4S. The molecule has 154 valence electrons. The van der Waals surface area contributed by atoms with E-state index in [9.17, 15) is 32.5 Å². The molecule has 0 aliphatic carbocycles. The van der Waals surface area contributed by atoms with Crippen molar-refractivity contribution in [3.63, 3.8) is 0 Å². The van der Waals surface area contributed by atoms with Gasteiger partial charge in [0.05, 0.1) is 12.0 Å². The van der Waals surface area contributed by atoms with Crippen molar-refractivity contribution >= 4 is 46.2 Å². The van der Waals surface area contributed by atoms with E-state index in [1.54, 1.807) is 0 Å². The SMILES string of the molecule is COc1c(F)c(F)c(C(=O)NC(=S)Nc2cc(Cl)c([N+](=O)[O-])cc2C)c(F)c1F. The van der Waals surface area contributed by atoms with Crippen molar-refractivity contribution in [2.24, 2.45) is 0 Å². The number of nitrogens with one attached hydrogen (secondary N) is 2. The van der Waals surface area contributed by atoms with E-state index in [2.05, 4.69) is 10.1 Å². The van der Waals surface area contributed by atoms with Crippen molar-refractivity contribution in [1.29, 1.82) is 0 Å².